The molecule has 0 aliphatic heterocycles. The Labute approximate surface area is 121 Å². The number of hydrogen-bond acceptors (Lipinski definition) is 3. The van der Waals surface area contributed by atoms with Crippen molar-refractivity contribution in [2.75, 3.05) is 25.1 Å². The van der Waals surface area contributed by atoms with Crippen LogP contribution in [0.2, 0.25) is 0 Å². The van der Waals surface area contributed by atoms with Gasteiger partial charge in [-0.2, -0.15) is 0 Å². The van der Waals surface area contributed by atoms with Gasteiger partial charge in [0.25, 0.3) is 0 Å². The molecule has 0 saturated carbocycles. The number of amidine groups is 1. The number of halogens is 2. The number of ether oxygens (including phenoxy) is 1. The van der Waals surface area contributed by atoms with Crippen LogP contribution in [0, 0.1) is 11.2 Å². The molecule has 0 radical (unpaired) electrons. The predicted octanol–water partition coefficient (Wildman–Crippen LogP) is 2.73. The highest BCUT2D eigenvalue weighted by molar-refractivity contribution is 9.10. The van der Waals surface area contributed by atoms with Gasteiger partial charge < -0.3 is 15.4 Å². The van der Waals surface area contributed by atoms with Crippen LogP contribution >= 0.6 is 15.9 Å². The fourth-order valence-corrected chi connectivity index (χ4v) is 2.14. The molecule has 1 rings (SSSR count). The number of nitrogens with one attached hydrogen (secondary N) is 1. The summed E-state index contributed by atoms with van der Waals surface area (Å²) in [6.07, 6.45) is 0.157. The highest BCUT2D eigenvalue weighted by atomic mass is 79.9. The second kappa shape index (κ2) is 6.86. The smallest absolute Gasteiger partial charge is 0.161 e. The first-order valence-corrected chi connectivity index (χ1v) is 6.79. The Bertz CT molecular complexity index is 465. The molecule has 1 aromatic rings. The fraction of sp³-hybridized carbons (Fsp3) is 0.462. The summed E-state index contributed by atoms with van der Waals surface area (Å²) in [7, 11) is 1.79. The van der Waals surface area contributed by atoms with Gasteiger partial charge in [-0.3, -0.25) is 5.41 Å². The minimum absolute atomic E-state index is 0.157. The van der Waals surface area contributed by atoms with Crippen molar-refractivity contribution in [2.45, 2.75) is 20.0 Å². The number of likely N-dealkylation sites (N-methyl/N-ethyl adjacent to an activating group) is 1. The van der Waals surface area contributed by atoms with E-state index in [1.54, 1.807) is 24.1 Å². The molecule has 1 aromatic carbocycles. The first kappa shape index (κ1) is 15.9. The van der Waals surface area contributed by atoms with Crippen LogP contribution in [0.25, 0.3) is 0 Å². The van der Waals surface area contributed by atoms with Crippen LogP contribution in [-0.4, -0.2) is 32.1 Å². The van der Waals surface area contributed by atoms with Crippen molar-refractivity contribution in [1.82, 2.24) is 0 Å². The Hall–Kier alpha value is -1.14. The van der Waals surface area contributed by atoms with E-state index in [1.165, 1.54) is 0 Å². The van der Waals surface area contributed by atoms with Gasteiger partial charge in [0.05, 0.1) is 22.9 Å². The summed E-state index contributed by atoms with van der Waals surface area (Å²) >= 11 is 3.14. The van der Waals surface area contributed by atoms with E-state index in [0.29, 0.717) is 24.4 Å². The van der Waals surface area contributed by atoms with Crippen molar-refractivity contribution in [3.8, 4) is 0 Å². The van der Waals surface area contributed by atoms with E-state index < -0.39 is 5.82 Å². The Kier molecular flexibility index (Phi) is 5.75. The van der Waals surface area contributed by atoms with E-state index in [9.17, 15) is 4.39 Å². The lowest BCUT2D eigenvalue weighted by Crippen LogP contribution is -2.25. The van der Waals surface area contributed by atoms with E-state index in [-0.39, 0.29) is 16.4 Å². The number of anilines is 1. The van der Waals surface area contributed by atoms with Gasteiger partial charge in [0.1, 0.15) is 5.84 Å². The molecular formula is C13H19BrFN3O. The summed E-state index contributed by atoms with van der Waals surface area (Å²) in [4.78, 5) is 1.77. The number of rotatable bonds is 6. The number of benzene rings is 1. The van der Waals surface area contributed by atoms with Gasteiger partial charge in [0.2, 0.25) is 0 Å². The second-order valence-electron chi connectivity index (χ2n) is 4.51. The van der Waals surface area contributed by atoms with Crippen molar-refractivity contribution in [3.05, 3.63) is 28.0 Å². The van der Waals surface area contributed by atoms with Crippen molar-refractivity contribution in [3.63, 3.8) is 0 Å². The molecule has 0 fully saturated rings. The molecule has 0 saturated heterocycles. The quantitative estimate of drug-likeness (QED) is 0.622. The van der Waals surface area contributed by atoms with E-state index in [1.807, 2.05) is 13.8 Å². The maximum absolute atomic E-state index is 14.2. The van der Waals surface area contributed by atoms with E-state index in [2.05, 4.69) is 15.9 Å². The summed E-state index contributed by atoms with van der Waals surface area (Å²) < 4.78 is 19.8. The van der Waals surface area contributed by atoms with Crippen LogP contribution in [0.5, 0.6) is 0 Å². The lowest BCUT2D eigenvalue weighted by atomic mass is 10.1. The molecule has 0 aliphatic rings. The number of hydrogen-bond donors (Lipinski definition) is 2. The zero-order valence-electron chi connectivity index (χ0n) is 11.3. The molecule has 0 amide bonds. The molecule has 3 N–H and O–H groups in total. The first-order valence-electron chi connectivity index (χ1n) is 5.99. The molecule has 0 spiro atoms. The van der Waals surface area contributed by atoms with Gasteiger partial charge in [0, 0.05) is 19.2 Å². The SMILES string of the molecule is CC(C)OCCN(C)c1ccc(C(=N)N)c(Br)c1F. The van der Waals surface area contributed by atoms with Crippen molar-refractivity contribution in [2.24, 2.45) is 5.73 Å². The zero-order valence-corrected chi connectivity index (χ0v) is 12.9. The topological polar surface area (TPSA) is 62.3 Å². The largest absolute Gasteiger partial charge is 0.384 e. The van der Waals surface area contributed by atoms with Crippen LogP contribution in [0.3, 0.4) is 0 Å². The molecule has 19 heavy (non-hydrogen) atoms. The molecule has 0 aromatic heterocycles. The Morgan fingerprint density at radius 3 is 2.68 bits per heavy atom. The summed E-state index contributed by atoms with van der Waals surface area (Å²) in [6.45, 7) is 5.03. The number of nitrogen functional groups attached to an aromatic ring is 1. The van der Waals surface area contributed by atoms with E-state index in [4.69, 9.17) is 15.9 Å². The van der Waals surface area contributed by atoms with Crippen molar-refractivity contribution < 1.29 is 9.13 Å². The van der Waals surface area contributed by atoms with Crippen LogP contribution < -0.4 is 10.6 Å². The maximum Gasteiger partial charge on any atom is 0.161 e. The summed E-state index contributed by atoms with van der Waals surface area (Å²) in [5.74, 6) is -0.581. The van der Waals surface area contributed by atoms with Gasteiger partial charge >= 0.3 is 0 Å². The highest BCUT2D eigenvalue weighted by Crippen LogP contribution is 2.28. The van der Waals surface area contributed by atoms with Crippen LogP contribution in [0.1, 0.15) is 19.4 Å². The minimum Gasteiger partial charge on any atom is -0.384 e. The molecule has 4 nitrogen and oxygen atoms in total. The minimum atomic E-state index is -0.417. The standard InChI is InChI=1S/C13H19BrFN3O/c1-8(2)19-7-6-18(3)10-5-4-9(13(16)17)11(14)12(10)15/h4-5,8H,6-7H2,1-3H3,(H3,16,17). The number of nitrogens with two attached hydrogens (primary N) is 1. The van der Waals surface area contributed by atoms with Gasteiger partial charge in [-0.05, 0) is 41.9 Å². The average molecular weight is 332 g/mol. The molecule has 0 aliphatic carbocycles. The Balaban J connectivity index is 2.84. The zero-order chi connectivity index (χ0) is 14.6. The fourth-order valence-electron chi connectivity index (χ4n) is 1.59. The molecule has 6 heteroatoms. The van der Waals surface area contributed by atoms with Crippen molar-refractivity contribution >= 4 is 27.5 Å². The molecule has 0 unspecified atom stereocenters. The third-order valence-corrected chi connectivity index (χ3v) is 3.42. The predicted molar refractivity (Wildman–Crippen MR) is 79.5 cm³/mol. The van der Waals surface area contributed by atoms with Gasteiger partial charge in [0.15, 0.2) is 5.82 Å². The van der Waals surface area contributed by atoms with Gasteiger partial charge in [-0.25, -0.2) is 4.39 Å². The monoisotopic (exact) mass is 331 g/mol. The average Bonchev–Trinajstić information content (AvgIpc) is 2.31. The molecule has 0 heterocycles. The van der Waals surface area contributed by atoms with Crippen LogP contribution in [0.15, 0.2) is 16.6 Å². The highest BCUT2D eigenvalue weighted by Gasteiger charge is 2.15. The molecule has 106 valence electrons. The van der Waals surface area contributed by atoms with Crippen LogP contribution in [-0.2, 0) is 4.74 Å². The summed E-state index contributed by atoms with van der Waals surface area (Å²) in [5.41, 5.74) is 6.18. The first-order chi connectivity index (χ1) is 8.84. The maximum atomic E-state index is 14.2. The summed E-state index contributed by atoms with van der Waals surface area (Å²) in [5, 5.41) is 7.36. The lowest BCUT2D eigenvalue weighted by Gasteiger charge is -2.21. The molecular weight excluding hydrogens is 313 g/mol. The summed E-state index contributed by atoms with van der Waals surface area (Å²) in [6, 6.07) is 3.25. The normalized spacial score (nSPS) is 10.8. The number of nitrogens with zero attached hydrogens (tertiary/aromatic N) is 1. The van der Waals surface area contributed by atoms with E-state index in [0.717, 1.165) is 0 Å². The third kappa shape index (κ3) is 4.18. The van der Waals surface area contributed by atoms with Gasteiger partial charge in [-0.15, -0.1) is 0 Å². The Morgan fingerprint density at radius 1 is 1.53 bits per heavy atom. The molecule has 0 bridgehead atoms. The van der Waals surface area contributed by atoms with E-state index >= 15 is 0 Å². The molecule has 0 atom stereocenters. The van der Waals surface area contributed by atoms with Gasteiger partial charge in [-0.1, -0.05) is 0 Å². The van der Waals surface area contributed by atoms with Crippen molar-refractivity contribution in [1.29, 1.82) is 5.41 Å². The lowest BCUT2D eigenvalue weighted by molar-refractivity contribution is 0.0845. The van der Waals surface area contributed by atoms with Crippen LogP contribution in [0.4, 0.5) is 10.1 Å². The second-order valence-corrected chi connectivity index (χ2v) is 5.31. The Morgan fingerprint density at radius 2 is 2.16 bits per heavy atom. The third-order valence-electron chi connectivity index (χ3n) is 2.64.